The van der Waals surface area contributed by atoms with Crippen molar-refractivity contribution in [1.82, 2.24) is 0 Å². The van der Waals surface area contributed by atoms with Gasteiger partial charge >= 0.3 is 240 Å². The topological polar surface area (TPSA) is 0 Å². The molecule has 0 unspecified atom stereocenters. The second-order valence-electron chi connectivity index (χ2n) is 10.8. The SMILES string of the molecule is Cc1ccc(-c2ccccc2[PH2](c2ccccc2-c2ccc(C)cc2)c2ccccc2-c2ccc(C)cc2)cc1. The number of hydrogen-bond acceptors (Lipinski definition) is 0. The fraction of sp³-hybridized carbons (Fsp3) is 0.0769. The van der Waals surface area contributed by atoms with Gasteiger partial charge in [0.2, 0.25) is 0 Å². The maximum absolute atomic E-state index is 2.38. The van der Waals surface area contributed by atoms with Crippen LogP contribution in [0.1, 0.15) is 16.7 Å². The first-order valence-corrected chi connectivity index (χ1v) is 15.8. The molecule has 0 aliphatic carbocycles. The third-order valence-electron chi connectivity index (χ3n) is 7.90. The molecule has 0 aliphatic rings. The molecule has 6 aromatic rings. The van der Waals surface area contributed by atoms with E-state index in [-0.39, 0.29) is 0 Å². The van der Waals surface area contributed by atoms with E-state index in [0.717, 1.165) is 0 Å². The van der Waals surface area contributed by atoms with Crippen LogP contribution in [0, 0.1) is 20.8 Å². The van der Waals surface area contributed by atoms with Gasteiger partial charge in [-0.3, -0.25) is 0 Å². The van der Waals surface area contributed by atoms with Crippen LogP contribution in [0.3, 0.4) is 0 Å². The van der Waals surface area contributed by atoms with Crippen LogP contribution in [0.5, 0.6) is 0 Å². The first-order valence-electron chi connectivity index (χ1n) is 14.1. The van der Waals surface area contributed by atoms with Crippen LogP contribution in [0.2, 0.25) is 0 Å². The van der Waals surface area contributed by atoms with Crippen LogP contribution in [0.4, 0.5) is 0 Å². The van der Waals surface area contributed by atoms with Gasteiger partial charge in [0.1, 0.15) is 0 Å². The zero-order valence-corrected chi connectivity index (χ0v) is 24.6. The standard InChI is InChI=1S/C39H35P/c1-28-16-22-31(23-17-28)34-10-4-7-13-37(34)40(38-14-8-5-11-35(38)32-24-18-29(2)19-25-32)39-15-9-6-12-36(39)33-26-20-30(3)21-27-33/h4-27H,40H2,1-3H3. The Hall–Kier alpha value is -4.25. The summed E-state index contributed by atoms with van der Waals surface area (Å²) in [6, 6.07) is 54.3. The molecule has 0 saturated carbocycles. The molecule has 0 spiro atoms. The molecule has 0 aromatic heterocycles. The quantitative estimate of drug-likeness (QED) is 0.187. The van der Waals surface area contributed by atoms with Crippen molar-refractivity contribution in [3.05, 3.63) is 162 Å². The Labute approximate surface area is 239 Å². The summed E-state index contributed by atoms with van der Waals surface area (Å²) in [5.41, 5.74) is 11.7. The molecular weight excluding hydrogens is 499 g/mol. The summed E-state index contributed by atoms with van der Waals surface area (Å²) in [6.45, 7) is 6.47. The van der Waals surface area contributed by atoms with Gasteiger partial charge in [-0.15, -0.1) is 0 Å². The van der Waals surface area contributed by atoms with Crippen molar-refractivity contribution < 1.29 is 0 Å². The first-order chi connectivity index (χ1) is 19.6. The molecule has 6 aromatic carbocycles. The van der Waals surface area contributed by atoms with Crippen molar-refractivity contribution in [2.24, 2.45) is 0 Å². The number of rotatable bonds is 6. The summed E-state index contributed by atoms with van der Waals surface area (Å²) >= 11 is 0. The summed E-state index contributed by atoms with van der Waals surface area (Å²) in [7, 11) is -1.97. The van der Waals surface area contributed by atoms with Crippen molar-refractivity contribution in [2.45, 2.75) is 20.8 Å². The van der Waals surface area contributed by atoms with Crippen molar-refractivity contribution >= 4 is 23.8 Å². The average Bonchev–Trinajstić information content (AvgIpc) is 3.00. The zero-order chi connectivity index (χ0) is 27.5. The van der Waals surface area contributed by atoms with Crippen LogP contribution in [0.25, 0.3) is 33.4 Å². The van der Waals surface area contributed by atoms with Crippen molar-refractivity contribution in [3.63, 3.8) is 0 Å². The number of hydrogen-bond donors (Lipinski definition) is 0. The number of benzene rings is 6. The molecule has 6 rings (SSSR count). The molecule has 1 heteroatoms. The zero-order valence-electron chi connectivity index (χ0n) is 23.4. The van der Waals surface area contributed by atoms with Crippen molar-refractivity contribution in [1.29, 1.82) is 0 Å². The van der Waals surface area contributed by atoms with Gasteiger partial charge < -0.3 is 0 Å². The first kappa shape index (κ1) is 26.0. The molecule has 0 amide bonds. The van der Waals surface area contributed by atoms with Gasteiger partial charge in [-0.2, -0.15) is 0 Å². The summed E-state index contributed by atoms with van der Waals surface area (Å²) in [4.78, 5) is 0. The van der Waals surface area contributed by atoms with Gasteiger partial charge in [-0.1, -0.05) is 0 Å². The predicted molar refractivity (Wildman–Crippen MR) is 178 cm³/mol. The predicted octanol–water partition coefficient (Wildman–Crippen LogP) is 8.84. The van der Waals surface area contributed by atoms with Gasteiger partial charge in [0.25, 0.3) is 0 Å². The number of aryl methyl sites for hydroxylation is 3. The summed E-state index contributed by atoms with van der Waals surface area (Å²) < 4.78 is 0. The van der Waals surface area contributed by atoms with Gasteiger partial charge in [0.05, 0.1) is 0 Å². The summed E-state index contributed by atoms with van der Waals surface area (Å²) in [5.74, 6) is 0. The molecule has 0 atom stereocenters. The molecule has 0 N–H and O–H groups in total. The van der Waals surface area contributed by atoms with Crippen LogP contribution >= 0.6 is 7.92 Å². The molecule has 0 bridgehead atoms. The third kappa shape index (κ3) is 5.29. The molecule has 0 nitrogen and oxygen atoms in total. The Morgan fingerprint density at radius 2 is 0.550 bits per heavy atom. The van der Waals surface area contributed by atoms with Crippen molar-refractivity contribution in [2.75, 3.05) is 0 Å². The minimum atomic E-state index is -1.97. The van der Waals surface area contributed by atoms with Crippen LogP contribution in [-0.4, -0.2) is 0 Å². The van der Waals surface area contributed by atoms with Crippen LogP contribution in [-0.2, 0) is 0 Å². The van der Waals surface area contributed by atoms with E-state index in [4.69, 9.17) is 0 Å². The van der Waals surface area contributed by atoms with E-state index in [1.54, 1.807) is 0 Å². The Morgan fingerprint density at radius 1 is 0.300 bits per heavy atom. The molecule has 0 aliphatic heterocycles. The third-order valence-corrected chi connectivity index (χ3v) is 11.3. The van der Waals surface area contributed by atoms with Crippen LogP contribution in [0.15, 0.2) is 146 Å². The minimum absolute atomic E-state index is 1.28. The van der Waals surface area contributed by atoms with E-state index in [2.05, 4.69) is 166 Å². The maximum atomic E-state index is 2.38. The Bertz CT molecular complexity index is 1530. The van der Waals surface area contributed by atoms with E-state index < -0.39 is 7.92 Å². The van der Waals surface area contributed by atoms with E-state index in [9.17, 15) is 0 Å². The second kappa shape index (κ2) is 11.5. The molecule has 0 radical (unpaired) electrons. The summed E-state index contributed by atoms with van der Waals surface area (Å²) in [5, 5.41) is 4.35. The van der Waals surface area contributed by atoms with Gasteiger partial charge in [-0.05, 0) is 0 Å². The van der Waals surface area contributed by atoms with E-state index in [1.165, 1.54) is 66.0 Å². The fourth-order valence-electron chi connectivity index (χ4n) is 5.74. The monoisotopic (exact) mass is 534 g/mol. The Morgan fingerprint density at radius 3 is 0.825 bits per heavy atom. The molecule has 0 heterocycles. The Kier molecular flexibility index (Phi) is 7.45. The Balaban J connectivity index is 1.64. The molecule has 40 heavy (non-hydrogen) atoms. The van der Waals surface area contributed by atoms with Crippen LogP contribution < -0.4 is 15.9 Å². The molecule has 0 fully saturated rings. The van der Waals surface area contributed by atoms with Gasteiger partial charge in [-0.25, -0.2) is 0 Å². The van der Waals surface area contributed by atoms with E-state index in [0.29, 0.717) is 0 Å². The molecule has 196 valence electrons. The normalized spacial score (nSPS) is 11.3. The second-order valence-corrected chi connectivity index (χ2v) is 13.5. The molecular formula is C39H35P. The summed E-state index contributed by atoms with van der Waals surface area (Å²) in [6.07, 6.45) is 0. The van der Waals surface area contributed by atoms with E-state index >= 15 is 0 Å². The molecule has 0 saturated heterocycles. The van der Waals surface area contributed by atoms with Gasteiger partial charge in [0.15, 0.2) is 0 Å². The van der Waals surface area contributed by atoms with Crippen molar-refractivity contribution in [3.8, 4) is 33.4 Å². The fourth-order valence-corrected chi connectivity index (χ4v) is 9.37. The van der Waals surface area contributed by atoms with E-state index in [1.807, 2.05) is 0 Å². The average molecular weight is 535 g/mol. The van der Waals surface area contributed by atoms with Gasteiger partial charge in [0, 0.05) is 0 Å².